The predicted octanol–water partition coefficient (Wildman–Crippen LogP) is 3.72. The molecule has 17 heteroatoms. The van der Waals surface area contributed by atoms with Gasteiger partial charge >= 0.3 is 12.0 Å². The minimum atomic E-state index is -0.858. The molecule has 3 fully saturated rings. The van der Waals surface area contributed by atoms with Crippen molar-refractivity contribution in [1.29, 1.82) is 0 Å². The Bertz CT molecular complexity index is 1820. The Balaban J connectivity index is 1.10. The molecule has 2 amide bonds. The third-order valence-corrected chi connectivity index (χ3v) is 10.9. The SMILES string of the molecule is COC(=O)C1=C(CN2CCN3C(=O)N(c4nc(N5CCOC(CC(C)=O)C5)cs4)C[C@@H]3C2)NC(c2nccs2)=N[C@H]1c1ccc(F)cc1Cl. The van der Waals surface area contributed by atoms with Crippen molar-refractivity contribution in [1.82, 2.24) is 25.1 Å². The standard InChI is InChI=1S/C32H34ClFN8O5S2/c1-18(43)11-21-15-40(8-9-47-21)25-17-49-31(37-25)42-14-20-13-39(6-7-41(20)32(42)45)16-24-26(30(44)46-2)27(22-4-3-19(34)12-23(22)33)38-28(36-24)29-35-5-10-48-29/h3-5,10,12,17,20-21,27H,6-9,11,13-16H2,1-2H3,(H,36,38)/t20-,21?,27-/m0/s1. The summed E-state index contributed by atoms with van der Waals surface area (Å²) >= 11 is 9.32. The fraction of sp³-hybridized carbons (Fsp3) is 0.438. The van der Waals surface area contributed by atoms with Crippen molar-refractivity contribution in [2.45, 2.75) is 31.5 Å². The Kier molecular flexibility index (Phi) is 9.66. The zero-order valence-electron chi connectivity index (χ0n) is 26.8. The molecule has 6 heterocycles. The first kappa shape index (κ1) is 33.5. The fourth-order valence-corrected chi connectivity index (χ4v) is 8.36. The number of rotatable bonds is 9. The molecule has 49 heavy (non-hydrogen) atoms. The smallest absolute Gasteiger partial charge is 0.338 e. The largest absolute Gasteiger partial charge is 0.466 e. The Morgan fingerprint density at radius 1 is 1.18 bits per heavy atom. The van der Waals surface area contributed by atoms with Gasteiger partial charge in [0.1, 0.15) is 23.5 Å². The van der Waals surface area contributed by atoms with E-state index in [4.69, 9.17) is 31.1 Å². The van der Waals surface area contributed by atoms with E-state index in [1.165, 1.54) is 48.0 Å². The van der Waals surface area contributed by atoms with Crippen molar-refractivity contribution in [2.75, 3.05) is 69.3 Å². The van der Waals surface area contributed by atoms with E-state index in [0.717, 1.165) is 5.82 Å². The van der Waals surface area contributed by atoms with E-state index in [1.807, 2.05) is 15.7 Å². The van der Waals surface area contributed by atoms with Crippen molar-refractivity contribution in [3.8, 4) is 0 Å². The van der Waals surface area contributed by atoms with E-state index in [1.54, 1.807) is 18.0 Å². The van der Waals surface area contributed by atoms with Gasteiger partial charge in [0.2, 0.25) is 0 Å². The summed E-state index contributed by atoms with van der Waals surface area (Å²) in [4.78, 5) is 60.5. The van der Waals surface area contributed by atoms with Gasteiger partial charge in [0.05, 0.1) is 38.0 Å². The van der Waals surface area contributed by atoms with Gasteiger partial charge < -0.3 is 24.6 Å². The Morgan fingerprint density at radius 2 is 2.04 bits per heavy atom. The number of hydrogen-bond donors (Lipinski definition) is 1. The van der Waals surface area contributed by atoms with Gasteiger partial charge in [-0.05, 0) is 19.1 Å². The molecule has 2 aromatic heterocycles. The zero-order chi connectivity index (χ0) is 34.2. The summed E-state index contributed by atoms with van der Waals surface area (Å²) in [5.74, 6) is 0.248. The number of benzene rings is 1. The summed E-state index contributed by atoms with van der Waals surface area (Å²) in [6.45, 7) is 5.73. The highest BCUT2D eigenvalue weighted by molar-refractivity contribution is 7.14. The highest BCUT2D eigenvalue weighted by Crippen LogP contribution is 2.38. The van der Waals surface area contributed by atoms with Crippen molar-refractivity contribution >= 4 is 68.8 Å². The van der Waals surface area contributed by atoms with Crippen molar-refractivity contribution in [2.24, 2.45) is 4.99 Å². The van der Waals surface area contributed by atoms with Crippen LogP contribution in [0, 0.1) is 5.82 Å². The molecule has 4 aliphatic heterocycles. The highest BCUT2D eigenvalue weighted by atomic mass is 35.5. The minimum absolute atomic E-state index is 0.0847. The van der Waals surface area contributed by atoms with Crippen LogP contribution in [0.5, 0.6) is 0 Å². The lowest BCUT2D eigenvalue weighted by molar-refractivity contribution is -0.136. The van der Waals surface area contributed by atoms with Crippen LogP contribution in [-0.2, 0) is 19.1 Å². The van der Waals surface area contributed by atoms with Gasteiger partial charge in [-0.15, -0.1) is 22.7 Å². The lowest BCUT2D eigenvalue weighted by Crippen LogP contribution is -2.53. The Hall–Kier alpha value is -3.96. The van der Waals surface area contributed by atoms with Crippen LogP contribution in [0.2, 0.25) is 5.02 Å². The van der Waals surface area contributed by atoms with E-state index < -0.39 is 17.8 Å². The van der Waals surface area contributed by atoms with E-state index in [-0.39, 0.29) is 34.6 Å². The number of aliphatic imine (C=N–C) groups is 1. The maximum absolute atomic E-state index is 14.0. The molecule has 4 aliphatic rings. The number of amidine groups is 1. The van der Waals surface area contributed by atoms with Crippen LogP contribution in [0.4, 0.5) is 20.1 Å². The summed E-state index contributed by atoms with van der Waals surface area (Å²) in [7, 11) is 1.31. The molecular formula is C32H34ClFN8O5S2. The number of nitrogens with zero attached hydrogens (tertiary/aromatic N) is 7. The van der Waals surface area contributed by atoms with Gasteiger partial charge in [0, 0.05) is 78.9 Å². The molecule has 0 spiro atoms. The molecule has 3 aromatic rings. The van der Waals surface area contributed by atoms with Crippen LogP contribution in [0.1, 0.15) is 30.0 Å². The first-order valence-corrected chi connectivity index (χ1v) is 17.9. The zero-order valence-corrected chi connectivity index (χ0v) is 29.2. The van der Waals surface area contributed by atoms with Gasteiger partial charge in [-0.3, -0.25) is 19.6 Å². The number of halogens is 2. The molecule has 0 aliphatic carbocycles. The van der Waals surface area contributed by atoms with Crippen LogP contribution in [0.3, 0.4) is 0 Å². The van der Waals surface area contributed by atoms with Crippen LogP contribution in [0.15, 0.2) is 51.4 Å². The molecule has 0 bridgehead atoms. The van der Waals surface area contributed by atoms with E-state index in [0.29, 0.717) is 86.1 Å². The predicted molar refractivity (Wildman–Crippen MR) is 184 cm³/mol. The van der Waals surface area contributed by atoms with E-state index >= 15 is 0 Å². The van der Waals surface area contributed by atoms with Gasteiger partial charge in [-0.25, -0.2) is 23.9 Å². The minimum Gasteiger partial charge on any atom is -0.466 e. The van der Waals surface area contributed by atoms with Crippen LogP contribution < -0.4 is 15.1 Å². The number of fused-ring (bicyclic) bond motifs is 1. The summed E-state index contributed by atoms with van der Waals surface area (Å²) in [6, 6.07) is 2.97. The molecule has 3 saturated heterocycles. The molecule has 1 N–H and O–H groups in total. The third-order valence-electron chi connectivity index (χ3n) is 8.93. The second-order valence-electron chi connectivity index (χ2n) is 12.2. The number of aromatic nitrogens is 2. The number of carbonyl (C=O) groups excluding carboxylic acids is 3. The first-order chi connectivity index (χ1) is 23.7. The highest BCUT2D eigenvalue weighted by Gasteiger charge is 2.43. The van der Waals surface area contributed by atoms with Crippen LogP contribution >= 0.6 is 34.3 Å². The summed E-state index contributed by atoms with van der Waals surface area (Å²) in [6.07, 6.45) is 1.85. The van der Waals surface area contributed by atoms with Gasteiger partial charge in [-0.1, -0.05) is 17.7 Å². The molecule has 0 saturated carbocycles. The summed E-state index contributed by atoms with van der Waals surface area (Å²) in [5, 5.41) is 8.51. The van der Waals surface area contributed by atoms with Crippen molar-refractivity contribution in [3.63, 3.8) is 0 Å². The number of Topliss-reactive ketones (excluding diaryl/α,β-unsaturated/α-hetero) is 1. The van der Waals surface area contributed by atoms with E-state index in [9.17, 15) is 18.8 Å². The second kappa shape index (κ2) is 14.1. The average molecular weight is 729 g/mol. The monoisotopic (exact) mass is 728 g/mol. The lowest BCUT2D eigenvalue weighted by atomic mass is 9.95. The topological polar surface area (TPSA) is 133 Å². The second-order valence-corrected chi connectivity index (χ2v) is 14.3. The number of esters is 1. The maximum Gasteiger partial charge on any atom is 0.338 e. The molecule has 1 aromatic carbocycles. The molecule has 13 nitrogen and oxygen atoms in total. The molecule has 7 rings (SSSR count). The van der Waals surface area contributed by atoms with Gasteiger partial charge in [0.15, 0.2) is 16.0 Å². The number of ketones is 1. The van der Waals surface area contributed by atoms with Gasteiger partial charge in [-0.2, -0.15) is 0 Å². The van der Waals surface area contributed by atoms with Crippen LogP contribution in [-0.4, -0.2) is 115 Å². The lowest BCUT2D eigenvalue weighted by Gasteiger charge is -2.38. The van der Waals surface area contributed by atoms with E-state index in [2.05, 4.69) is 20.1 Å². The fourth-order valence-electron chi connectivity index (χ4n) is 6.66. The number of piperazine rings is 1. The normalized spacial score (nSPS) is 23.0. The molecule has 0 radical (unpaired) electrons. The number of morpholine rings is 1. The van der Waals surface area contributed by atoms with Crippen molar-refractivity contribution in [3.05, 3.63) is 67.8 Å². The Morgan fingerprint density at radius 3 is 2.80 bits per heavy atom. The number of urea groups is 1. The summed E-state index contributed by atoms with van der Waals surface area (Å²) in [5.41, 5.74) is 1.31. The molecule has 1 unspecified atom stereocenters. The number of methoxy groups -OCH3 is 1. The van der Waals surface area contributed by atoms with Crippen molar-refractivity contribution < 1.29 is 28.2 Å². The number of carbonyl (C=O) groups is 3. The third kappa shape index (κ3) is 6.92. The quantitative estimate of drug-likeness (QED) is 0.325. The number of thiazole rings is 2. The molecule has 3 atom stereocenters. The number of amides is 2. The number of hydrogen-bond acceptors (Lipinski definition) is 13. The Labute approximate surface area is 295 Å². The first-order valence-electron chi connectivity index (χ1n) is 15.8. The molecular weight excluding hydrogens is 695 g/mol. The average Bonchev–Trinajstić information content (AvgIpc) is 3.85. The summed E-state index contributed by atoms with van der Waals surface area (Å²) < 4.78 is 25.0. The number of anilines is 2. The molecule has 258 valence electrons. The van der Waals surface area contributed by atoms with Gasteiger partial charge in [0.25, 0.3) is 0 Å². The van der Waals surface area contributed by atoms with Crippen LogP contribution in [0.25, 0.3) is 0 Å². The number of ether oxygens (including phenoxy) is 2. The number of nitrogens with one attached hydrogen (secondary N) is 1. The maximum atomic E-state index is 14.0.